The predicted molar refractivity (Wildman–Crippen MR) is 113 cm³/mol. The van der Waals surface area contributed by atoms with Gasteiger partial charge in [0.1, 0.15) is 5.75 Å². The van der Waals surface area contributed by atoms with Crippen molar-refractivity contribution in [1.82, 2.24) is 9.88 Å². The van der Waals surface area contributed by atoms with E-state index in [1.165, 1.54) is 12.8 Å². The first-order valence-electron chi connectivity index (χ1n) is 10.3. The Bertz CT molecular complexity index is 759. The zero-order chi connectivity index (χ0) is 20.1. The molecule has 4 heteroatoms. The quantitative estimate of drug-likeness (QED) is 0.697. The van der Waals surface area contributed by atoms with Crippen molar-refractivity contribution in [2.75, 3.05) is 7.05 Å². The van der Waals surface area contributed by atoms with Crippen LogP contribution < -0.4 is 4.74 Å². The predicted octanol–water partition coefficient (Wildman–Crippen LogP) is 5.13. The van der Waals surface area contributed by atoms with Crippen molar-refractivity contribution in [2.45, 2.75) is 65.0 Å². The minimum Gasteiger partial charge on any atom is -0.490 e. The number of pyridine rings is 1. The summed E-state index contributed by atoms with van der Waals surface area (Å²) in [6.07, 6.45) is 7.62. The summed E-state index contributed by atoms with van der Waals surface area (Å²) in [5.74, 6) is 0.884. The van der Waals surface area contributed by atoms with Crippen LogP contribution in [0.4, 0.5) is 0 Å². The van der Waals surface area contributed by atoms with Crippen LogP contribution in [0.15, 0.2) is 48.7 Å². The Hall–Kier alpha value is -2.36. The van der Waals surface area contributed by atoms with E-state index in [1.807, 2.05) is 54.4 Å². The fourth-order valence-corrected chi connectivity index (χ4v) is 3.96. The molecule has 3 rings (SSSR count). The summed E-state index contributed by atoms with van der Waals surface area (Å²) in [5.41, 5.74) is 1.63. The molecule has 4 nitrogen and oxygen atoms in total. The largest absolute Gasteiger partial charge is 0.490 e. The molecule has 1 aromatic carbocycles. The molecule has 1 aliphatic rings. The van der Waals surface area contributed by atoms with E-state index in [4.69, 9.17) is 4.74 Å². The van der Waals surface area contributed by atoms with E-state index in [0.717, 1.165) is 30.7 Å². The standard InChI is InChI=1S/C24H32N2O2/c1-24(2,3)22(17-19-9-7-8-16-25-19)26(4)23(27)18-12-14-21(15-13-18)28-20-10-5-6-11-20/h7-9,12-16,20,22H,5-6,10-11,17H2,1-4H3/t22-/m1/s1. The first kappa shape index (κ1) is 20.4. The van der Waals surface area contributed by atoms with Crippen LogP contribution in [0.5, 0.6) is 5.75 Å². The number of nitrogens with zero attached hydrogens (tertiary/aromatic N) is 2. The van der Waals surface area contributed by atoms with E-state index in [9.17, 15) is 4.79 Å². The van der Waals surface area contributed by atoms with Gasteiger partial charge in [-0.1, -0.05) is 26.8 Å². The monoisotopic (exact) mass is 380 g/mol. The average molecular weight is 381 g/mol. The lowest BCUT2D eigenvalue weighted by molar-refractivity contribution is 0.0595. The maximum absolute atomic E-state index is 13.1. The molecule has 0 aliphatic heterocycles. The SMILES string of the molecule is CN(C(=O)c1ccc(OC2CCCC2)cc1)[C@H](Cc1ccccn1)C(C)(C)C. The Kier molecular flexibility index (Phi) is 6.38. The Labute approximate surface area is 168 Å². The highest BCUT2D eigenvalue weighted by Gasteiger charge is 2.32. The van der Waals surface area contributed by atoms with Gasteiger partial charge in [0.05, 0.1) is 6.10 Å². The molecule has 1 saturated carbocycles. The first-order chi connectivity index (χ1) is 13.3. The van der Waals surface area contributed by atoms with Crippen molar-refractivity contribution in [2.24, 2.45) is 5.41 Å². The third-order valence-electron chi connectivity index (χ3n) is 5.62. The minimum atomic E-state index is -0.0620. The second-order valence-corrected chi connectivity index (χ2v) is 8.87. The van der Waals surface area contributed by atoms with Gasteiger partial charge in [0.2, 0.25) is 0 Å². The second kappa shape index (κ2) is 8.76. The van der Waals surface area contributed by atoms with Crippen LogP contribution >= 0.6 is 0 Å². The molecule has 1 amide bonds. The van der Waals surface area contributed by atoms with Gasteiger partial charge in [-0.3, -0.25) is 9.78 Å². The highest BCUT2D eigenvalue weighted by Crippen LogP contribution is 2.28. The first-order valence-corrected chi connectivity index (χ1v) is 10.3. The summed E-state index contributed by atoms with van der Waals surface area (Å²) >= 11 is 0. The molecule has 1 fully saturated rings. The smallest absolute Gasteiger partial charge is 0.253 e. The zero-order valence-corrected chi connectivity index (χ0v) is 17.5. The Morgan fingerprint density at radius 3 is 2.39 bits per heavy atom. The van der Waals surface area contributed by atoms with Crippen LogP contribution in [0.2, 0.25) is 0 Å². The van der Waals surface area contributed by atoms with Crippen LogP contribution in [0.1, 0.15) is 62.5 Å². The lowest BCUT2D eigenvalue weighted by Crippen LogP contribution is -2.46. The fraction of sp³-hybridized carbons (Fsp3) is 0.500. The number of amides is 1. The Morgan fingerprint density at radius 1 is 1.14 bits per heavy atom. The number of hydrogen-bond acceptors (Lipinski definition) is 3. The number of hydrogen-bond donors (Lipinski definition) is 0. The van der Waals surface area contributed by atoms with Crippen LogP contribution in [0.25, 0.3) is 0 Å². The molecule has 28 heavy (non-hydrogen) atoms. The summed E-state index contributed by atoms with van der Waals surface area (Å²) in [7, 11) is 1.89. The zero-order valence-electron chi connectivity index (χ0n) is 17.5. The molecular weight excluding hydrogens is 348 g/mol. The van der Waals surface area contributed by atoms with Crippen LogP contribution in [-0.4, -0.2) is 35.0 Å². The van der Waals surface area contributed by atoms with Crippen molar-refractivity contribution in [3.8, 4) is 5.75 Å². The summed E-state index contributed by atoms with van der Waals surface area (Å²) in [6, 6.07) is 13.6. The maximum atomic E-state index is 13.1. The summed E-state index contributed by atoms with van der Waals surface area (Å²) in [6.45, 7) is 6.51. The Balaban J connectivity index is 1.71. The van der Waals surface area contributed by atoms with Crippen LogP contribution in [-0.2, 0) is 6.42 Å². The van der Waals surface area contributed by atoms with Crippen LogP contribution in [0.3, 0.4) is 0 Å². The van der Waals surface area contributed by atoms with E-state index >= 15 is 0 Å². The normalized spacial score (nSPS) is 16.0. The third kappa shape index (κ3) is 5.12. The van der Waals surface area contributed by atoms with Crippen molar-refractivity contribution in [3.05, 3.63) is 59.9 Å². The lowest BCUT2D eigenvalue weighted by atomic mass is 9.82. The molecule has 0 radical (unpaired) electrons. The van der Waals surface area contributed by atoms with Gasteiger partial charge in [-0.25, -0.2) is 0 Å². The summed E-state index contributed by atoms with van der Waals surface area (Å²) in [5, 5.41) is 0. The second-order valence-electron chi connectivity index (χ2n) is 8.87. The number of aromatic nitrogens is 1. The lowest BCUT2D eigenvalue weighted by Gasteiger charge is -2.38. The van der Waals surface area contributed by atoms with Crippen molar-refractivity contribution < 1.29 is 9.53 Å². The van der Waals surface area contributed by atoms with E-state index in [0.29, 0.717) is 11.7 Å². The molecule has 0 N–H and O–H groups in total. The number of rotatable bonds is 6. The number of ether oxygens (including phenoxy) is 1. The van der Waals surface area contributed by atoms with Gasteiger partial charge in [0.25, 0.3) is 5.91 Å². The molecule has 150 valence electrons. The summed E-state index contributed by atoms with van der Waals surface area (Å²) < 4.78 is 6.02. The number of carbonyl (C=O) groups excluding carboxylic acids is 1. The van der Waals surface area contributed by atoms with Gasteiger partial charge in [0, 0.05) is 37.0 Å². The molecule has 1 atom stereocenters. The number of likely N-dealkylation sites (N-methyl/N-ethyl adjacent to an activating group) is 1. The topological polar surface area (TPSA) is 42.4 Å². The maximum Gasteiger partial charge on any atom is 0.253 e. The number of benzene rings is 1. The molecule has 0 spiro atoms. The molecule has 1 aliphatic carbocycles. The van der Waals surface area contributed by atoms with Gasteiger partial charge < -0.3 is 9.64 Å². The molecule has 1 heterocycles. The molecule has 0 unspecified atom stereocenters. The van der Waals surface area contributed by atoms with Crippen molar-refractivity contribution >= 4 is 5.91 Å². The number of carbonyl (C=O) groups is 1. The molecule has 0 bridgehead atoms. The average Bonchev–Trinajstić information content (AvgIpc) is 3.18. The highest BCUT2D eigenvalue weighted by atomic mass is 16.5. The van der Waals surface area contributed by atoms with E-state index in [1.54, 1.807) is 6.20 Å². The van der Waals surface area contributed by atoms with E-state index in [2.05, 4.69) is 25.8 Å². The van der Waals surface area contributed by atoms with E-state index < -0.39 is 0 Å². The van der Waals surface area contributed by atoms with Crippen molar-refractivity contribution in [1.29, 1.82) is 0 Å². The minimum absolute atomic E-state index is 0.0308. The highest BCUT2D eigenvalue weighted by molar-refractivity contribution is 5.94. The van der Waals surface area contributed by atoms with Crippen LogP contribution in [0, 0.1) is 5.41 Å². The van der Waals surface area contributed by atoms with Gasteiger partial charge >= 0.3 is 0 Å². The molecular formula is C24H32N2O2. The van der Waals surface area contributed by atoms with Gasteiger partial charge in [-0.2, -0.15) is 0 Å². The van der Waals surface area contributed by atoms with E-state index in [-0.39, 0.29) is 17.4 Å². The van der Waals surface area contributed by atoms with Gasteiger partial charge in [-0.15, -0.1) is 0 Å². The summed E-state index contributed by atoms with van der Waals surface area (Å²) in [4.78, 5) is 19.5. The van der Waals surface area contributed by atoms with Gasteiger partial charge in [-0.05, 0) is 67.5 Å². The third-order valence-corrected chi connectivity index (χ3v) is 5.62. The fourth-order valence-electron chi connectivity index (χ4n) is 3.96. The van der Waals surface area contributed by atoms with Gasteiger partial charge in [0.15, 0.2) is 0 Å². The molecule has 1 aromatic heterocycles. The Morgan fingerprint density at radius 2 is 1.82 bits per heavy atom. The molecule has 0 saturated heterocycles. The van der Waals surface area contributed by atoms with Crippen molar-refractivity contribution in [3.63, 3.8) is 0 Å². The molecule has 2 aromatic rings.